The van der Waals surface area contributed by atoms with Gasteiger partial charge in [-0.25, -0.2) is 0 Å². The van der Waals surface area contributed by atoms with Crippen LogP contribution in [0.4, 0.5) is 0 Å². The summed E-state index contributed by atoms with van der Waals surface area (Å²) in [5.41, 5.74) is 0.611. The summed E-state index contributed by atoms with van der Waals surface area (Å²) in [6.07, 6.45) is -1.31. The quantitative estimate of drug-likeness (QED) is 0.578. The molecule has 1 rings (SSSR count). The lowest BCUT2D eigenvalue weighted by atomic mass is 10.3. The molecule has 3 heteroatoms. The molecule has 0 fully saturated rings. The molecule has 0 aromatic carbocycles. The van der Waals surface area contributed by atoms with Crippen LogP contribution in [-0.2, 0) is 0 Å². The fraction of sp³-hybridized carbons (Fsp3) is 0.333. The van der Waals surface area contributed by atoms with E-state index in [0.29, 0.717) is 5.56 Å². The molecular formula is C6H8O2S. The smallest absolute Gasteiger partial charge is 0.179 e. The molecule has 0 saturated heterocycles. The minimum absolute atomic E-state index is 0.611. The van der Waals surface area contributed by atoms with Crippen LogP contribution in [0, 0.1) is 6.92 Å². The van der Waals surface area contributed by atoms with Crippen molar-refractivity contribution in [1.82, 2.24) is 0 Å². The molecule has 50 valence electrons. The summed E-state index contributed by atoms with van der Waals surface area (Å²) in [6, 6.07) is 1.71. The van der Waals surface area contributed by atoms with E-state index in [0.717, 1.165) is 4.88 Å². The van der Waals surface area contributed by atoms with Crippen molar-refractivity contribution >= 4 is 11.3 Å². The molecule has 0 spiro atoms. The molecule has 0 atom stereocenters. The van der Waals surface area contributed by atoms with E-state index in [1.165, 1.54) is 11.3 Å². The van der Waals surface area contributed by atoms with Gasteiger partial charge in [-0.2, -0.15) is 0 Å². The van der Waals surface area contributed by atoms with Gasteiger partial charge in [0.15, 0.2) is 6.29 Å². The maximum Gasteiger partial charge on any atom is 0.179 e. The molecule has 0 bridgehead atoms. The van der Waals surface area contributed by atoms with Crippen LogP contribution < -0.4 is 0 Å². The summed E-state index contributed by atoms with van der Waals surface area (Å²) in [5, 5.41) is 19.1. The van der Waals surface area contributed by atoms with Gasteiger partial charge in [0, 0.05) is 10.4 Å². The molecule has 2 nitrogen and oxygen atoms in total. The summed E-state index contributed by atoms with van der Waals surface area (Å²) in [7, 11) is 0. The highest BCUT2D eigenvalue weighted by Gasteiger charge is 2.05. The molecule has 0 aliphatic rings. The number of aryl methyl sites for hydroxylation is 1. The zero-order valence-electron chi connectivity index (χ0n) is 5.03. The summed E-state index contributed by atoms with van der Waals surface area (Å²) < 4.78 is 0. The third-order valence-electron chi connectivity index (χ3n) is 1.18. The molecule has 0 radical (unpaired) electrons. The van der Waals surface area contributed by atoms with Crippen LogP contribution in [0.1, 0.15) is 16.7 Å². The SMILES string of the molecule is Cc1sccc1C(O)O. The van der Waals surface area contributed by atoms with Gasteiger partial charge in [-0.1, -0.05) is 0 Å². The second-order valence-corrected chi connectivity index (χ2v) is 2.93. The fourth-order valence-corrected chi connectivity index (χ4v) is 1.39. The average Bonchev–Trinajstić information content (AvgIpc) is 2.13. The lowest BCUT2D eigenvalue weighted by molar-refractivity contribution is -0.0425. The molecule has 0 aliphatic heterocycles. The number of hydrogen-bond donors (Lipinski definition) is 2. The van der Waals surface area contributed by atoms with E-state index >= 15 is 0 Å². The molecule has 1 heterocycles. The Morgan fingerprint density at radius 1 is 1.56 bits per heavy atom. The van der Waals surface area contributed by atoms with Crippen molar-refractivity contribution in [3.05, 3.63) is 21.9 Å². The molecule has 1 aromatic heterocycles. The van der Waals surface area contributed by atoms with Crippen molar-refractivity contribution in [2.75, 3.05) is 0 Å². The van der Waals surface area contributed by atoms with Crippen molar-refractivity contribution < 1.29 is 10.2 Å². The largest absolute Gasteiger partial charge is 0.364 e. The molecule has 9 heavy (non-hydrogen) atoms. The van der Waals surface area contributed by atoms with Crippen LogP contribution in [-0.4, -0.2) is 10.2 Å². The summed E-state index contributed by atoms with van der Waals surface area (Å²) in [4.78, 5) is 0.963. The lowest BCUT2D eigenvalue weighted by Gasteiger charge is -1.99. The molecule has 0 saturated carbocycles. The maximum absolute atomic E-state index is 8.66. The first-order valence-electron chi connectivity index (χ1n) is 2.62. The Morgan fingerprint density at radius 3 is 2.44 bits per heavy atom. The van der Waals surface area contributed by atoms with Gasteiger partial charge in [-0.05, 0) is 18.4 Å². The zero-order chi connectivity index (χ0) is 6.85. The zero-order valence-corrected chi connectivity index (χ0v) is 5.85. The first-order chi connectivity index (χ1) is 4.22. The van der Waals surface area contributed by atoms with E-state index in [-0.39, 0.29) is 0 Å². The fourth-order valence-electron chi connectivity index (χ4n) is 0.663. The van der Waals surface area contributed by atoms with E-state index in [4.69, 9.17) is 10.2 Å². The average molecular weight is 144 g/mol. The molecule has 2 N–H and O–H groups in total. The second kappa shape index (κ2) is 2.47. The van der Waals surface area contributed by atoms with Gasteiger partial charge >= 0.3 is 0 Å². The van der Waals surface area contributed by atoms with Gasteiger partial charge in [0.1, 0.15) is 0 Å². The second-order valence-electron chi connectivity index (χ2n) is 1.81. The minimum Gasteiger partial charge on any atom is -0.364 e. The molecule has 0 unspecified atom stereocenters. The van der Waals surface area contributed by atoms with Crippen LogP contribution in [0.2, 0.25) is 0 Å². The van der Waals surface area contributed by atoms with Crippen molar-refractivity contribution in [2.24, 2.45) is 0 Å². The Morgan fingerprint density at radius 2 is 2.22 bits per heavy atom. The predicted molar refractivity (Wildman–Crippen MR) is 36.2 cm³/mol. The number of hydrogen-bond acceptors (Lipinski definition) is 3. The minimum atomic E-state index is -1.31. The number of aliphatic hydroxyl groups is 2. The van der Waals surface area contributed by atoms with E-state index < -0.39 is 6.29 Å². The standard InChI is InChI=1S/C6H8O2S/c1-4-5(6(7)8)2-3-9-4/h2-3,6-8H,1H3. The van der Waals surface area contributed by atoms with E-state index in [1.54, 1.807) is 6.07 Å². The highest BCUT2D eigenvalue weighted by Crippen LogP contribution is 2.19. The molecule has 1 aromatic rings. The first-order valence-corrected chi connectivity index (χ1v) is 3.50. The highest BCUT2D eigenvalue weighted by atomic mass is 32.1. The Labute approximate surface area is 57.4 Å². The summed E-state index contributed by atoms with van der Waals surface area (Å²) in [6.45, 7) is 1.86. The van der Waals surface area contributed by atoms with Crippen molar-refractivity contribution in [2.45, 2.75) is 13.2 Å². The first kappa shape index (κ1) is 6.74. The van der Waals surface area contributed by atoms with Gasteiger partial charge < -0.3 is 10.2 Å². The highest BCUT2D eigenvalue weighted by molar-refractivity contribution is 7.10. The molecule has 0 amide bonds. The monoisotopic (exact) mass is 144 g/mol. The molecule has 0 aliphatic carbocycles. The van der Waals surface area contributed by atoms with Gasteiger partial charge in [-0.3, -0.25) is 0 Å². The van der Waals surface area contributed by atoms with Gasteiger partial charge in [-0.15, -0.1) is 11.3 Å². The Bertz CT molecular complexity index is 193. The molecular weight excluding hydrogens is 136 g/mol. The Kier molecular flexibility index (Phi) is 1.85. The summed E-state index contributed by atoms with van der Waals surface area (Å²) >= 11 is 1.51. The van der Waals surface area contributed by atoms with Crippen LogP contribution in [0.3, 0.4) is 0 Å². The van der Waals surface area contributed by atoms with E-state index in [2.05, 4.69) is 0 Å². The van der Waals surface area contributed by atoms with Crippen LogP contribution in [0.25, 0.3) is 0 Å². The van der Waals surface area contributed by atoms with Gasteiger partial charge in [0.2, 0.25) is 0 Å². The normalized spacial score (nSPS) is 10.7. The van der Waals surface area contributed by atoms with Crippen LogP contribution >= 0.6 is 11.3 Å². The topological polar surface area (TPSA) is 40.5 Å². The van der Waals surface area contributed by atoms with Crippen LogP contribution in [0.5, 0.6) is 0 Å². The lowest BCUT2D eigenvalue weighted by Crippen LogP contribution is -1.92. The van der Waals surface area contributed by atoms with E-state index in [1.807, 2.05) is 12.3 Å². The Hall–Kier alpha value is -0.380. The van der Waals surface area contributed by atoms with Crippen molar-refractivity contribution in [1.29, 1.82) is 0 Å². The number of rotatable bonds is 1. The number of aliphatic hydroxyl groups excluding tert-OH is 1. The summed E-state index contributed by atoms with van der Waals surface area (Å²) in [5.74, 6) is 0. The number of thiophene rings is 1. The maximum atomic E-state index is 8.66. The van der Waals surface area contributed by atoms with E-state index in [9.17, 15) is 0 Å². The van der Waals surface area contributed by atoms with Gasteiger partial charge in [0.05, 0.1) is 0 Å². The van der Waals surface area contributed by atoms with Crippen molar-refractivity contribution in [3.63, 3.8) is 0 Å². The van der Waals surface area contributed by atoms with Gasteiger partial charge in [0.25, 0.3) is 0 Å². The Balaban J connectivity index is 2.94. The predicted octanol–water partition coefficient (Wildman–Crippen LogP) is 1.04. The van der Waals surface area contributed by atoms with Crippen molar-refractivity contribution in [3.8, 4) is 0 Å². The van der Waals surface area contributed by atoms with Crippen LogP contribution in [0.15, 0.2) is 11.4 Å². The third kappa shape index (κ3) is 1.30. The third-order valence-corrected chi connectivity index (χ3v) is 2.04.